The van der Waals surface area contributed by atoms with E-state index >= 15 is 0 Å². The largest absolute Gasteiger partial charge is 0.496 e. The molecule has 0 bridgehead atoms. The summed E-state index contributed by atoms with van der Waals surface area (Å²) in [6, 6.07) is 12.2. The molecule has 80 valence electrons. The maximum atomic E-state index is 5.37. The van der Waals surface area contributed by atoms with Crippen LogP contribution >= 0.6 is 0 Å². The Balaban J connectivity index is 2.25. The first kappa shape index (κ1) is 9.28. The van der Waals surface area contributed by atoms with Crippen molar-refractivity contribution in [1.29, 1.82) is 0 Å². The Morgan fingerprint density at radius 2 is 1.12 bits per heavy atom. The van der Waals surface area contributed by atoms with Gasteiger partial charge >= 0.3 is 0 Å². The Bertz CT molecular complexity index is 493. The molecule has 0 aliphatic heterocycles. The van der Waals surface area contributed by atoms with Crippen LogP contribution in [-0.4, -0.2) is 14.2 Å². The van der Waals surface area contributed by atoms with Crippen molar-refractivity contribution in [2.45, 2.75) is 0 Å². The average Bonchev–Trinajstić information content (AvgIpc) is 2.33. The number of rotatable bonds is 2. The molecule has 3 rings (SSSR count). The second-order valence-electron chi connectivity index (χ2n) is 3.77. The first-order valence-electron chi connectivity index (χ1n) is 5.21. The van der Waals surface area contributed by atoms with E-state index in [1.54, 1.807) is 14.2 Å². The molecule has 0 fully saturated rings. The van der Waals surface area contributed by atoms with Crippen LogP contribution in [0.2, 0.25) is 0 Å². The summed E-state index contributed by atoms with van der Waals surface area (Å²) in [5, 5.41) is 0. The van der Waals surface area contributed by atoms with Crippen molar-refractivity contribution < 1.29 is 9.47 Å². The lowest BCUT2D eigenvalue weighted by Gasteiger charge is -2.27. The van der Waals surface area contributed by atoms with Gasteiger partial charge in [0.1, 0.15) is 11.5 Å². The summed E-state index contributed by atoms with van der Waals surface area (Å²) in [6.45, 7) is 0. The normalized spacial score (nSPS) is 11.1. The van der Waals surface area contributed by atoms with Gasteiger partial charge in [0, 0.05) is 11.1 Å². The van der Waals surface area contributed by atoms with Gasteiger partial charge < -0.3 is 9.47 Å². The van der Waals surface area contributed by atoms with Crippen LogP contribution in [0.1, 0.15) is 0 Å². The summed E-state index contributed by atoms with van der Waals surface area (Å²) in [6.07, 6.45) is 0. The van der Waals surface area contributed by atoms with E-state index in [2.05, 4.69) is 12.1 Å². The zero-order valence-corrected chi connectivity index (χ0v) is 9.28. The van der Waals surface area contributed by atoms with Gasteiger partial charge in [-0.3, -0.25) is 0 Å². The number of hydrogen-bond acceptors (Lipinski definition) is 2. The van der Waals surface area contributed by atoms with E-state index in [0.29, 0.717) is 0 Å². The summed E-state index contributed by atoms with van der Waals surface area (Å²) in [7, 11) is 3.40. The van der Waals surface area contributed by atoms with Crippen molar-refractivity contribution in [2.75, 3.05) is 14.2 Å². The third-order valence-electron chi connectivity index (χ3n) is 3.03. The molecule has 0 saturated carbocycles. The molecular weight excluding hydrogens is 200 g/mol. The van der Waals surface area contributed by atoms with E-state index in [0.717, 1.165) is 11.5 Å². The summed E-state index contributed by atoms with van der Waals surface area (Å²) < 4.78 is 10.7. The third-order valence-corrected chi connectivity index (χ3v) is 3.03. The smallest absolute Gasteiger partial charge is 0.127 e. The molecule has 0 spiro atoms. The molecule has 0 amide bonds. The number of methoxy groups -OCH3 is 2. The lowest BCUT2D eigenvalue weighted by molar-refractivity contribution is 0.412. The quantitative estimate of drug-likeness (QED) is 0.648. The fourth-order valence-electron chi connectivity index (χ4n) is 2.31. The van der Waals surface area contributed by atoms with Crippen molar-refractivity contribution in [3.63, 3.8) is 0 Å². The topological polar surface area (TPSA) is 18.5 Å². The number of ether oxygens (including phenoxy) is 2. The zero-order chi connectivity index (χ0) is 11.1. The van der Waals surface area contributed by atoms with Crippen LogP contribution in [0, 0.1) is 0 Å². The molecule has 0 saturated heterocycles. The highest BCUT2D eigenvalue weighted by atomic mass is 16.5. The molecule has 0 radical (unpaired) electrons. The van der Waals surface area contributed by atoms with Crippen LogP contribution < -0.4 is 9.47 Å². The van der Waals surface area contributed by atoms with Crippen LogP contribution in [0.5, 0.6) is 11.5 Å². The average molecular weight is 212 g/mol. The second kappa shape index (κ2) is 3.27. The lowest BCUT2D eigenvalue weighted by atomic mass is 9.79. The van der Waals surface area contributed by atoms with Crippen LogP contribution in [0.25, 0.3) is 22.3 Å². The summed E-state index contributed by atoms with van der Waals surface area (Å²) >= 11 is 0. The SMILES string of the molecule is COc1cccc2c1-c1cccc(OC)c1-2. The molecule has 0 atom stereocenters. The van der Waals surface area contributed by atoms with E-state index in [-0.39, 0.29) is 0 Å². The molecule has 2 aromatic rings. The standard InChI is InChI=1S/C14H12O2/c1-15-11-7-3-5-9-13(11)10-6-4-8-12(16-2)14(9)10/h3-8H,1-2H3. The van der Waals surface area contributed by atoms with Gasteiger partial charge in [0.25, 0.3) is 0 Å². The van der Waals surface area contributed by atoms with Crippen LogP contribution in [0.3, 0.4) is 0 Å². The lowest BCUT2D eigenvalue weighted by Crippen LogP contribution is -2.03. The summed E-state index contributed by atoms with van der Waals surface area (Å²) in [5.41, 5.74) is 4.82. The molecule has 0 aromatic heterocycles. The first-order valence-corrected chi connectivity index (χ1v) is 5.21. The molecule has 1 aliphatic carbocycles. The van der Waals surface area contributed by atoms with Gasteiger partial charge in [-0.1, -0.05) is 24.3 Å². The van der Waals surface area contributed by atoms with Crippen LogP contribution in [0.15, 0.2) is 36.4 Å². The maximum Gasteiger partial charge on any atom is 0.127 e. The van der Waals surface area contributed by atoms with Gasteiger partial charge in [-0.25, -0.2) is 0 Å². The minimum Gasteiger partial charge on any atom is -0.496 e. The van der Waals surface area contributed by atoms with Gasteiger partial charge in [-0.05, 0) is 23.3 Å². The Morgan fingerprint density at radius 3 is 1.50 bits per heavy atom. The van der Waals surface area contributed by atoms with Crippen molar-refractivity contribution in [3.8, 4) is 33.8 Å². The predicted molar refractivity (Wildman–Crippen MR) is 64.0 cm³/mol. The molecule has 0 N–H and O–H groups in total. The minimum atomic E-state index is 0.929. The van der Waals surface area contributed by atoms with Crippen molar-refractivity contribution in [2.24, 2.45) is 0 Å². The highest BCUT2D eigenvalue weighted by Crippen LogP contribution is 2.55. The second-order valence-corrected chi connectivity index (χ2v) is 3.77. The Labute approximate surface area is 94.4 Å². The number of fused-ring (bicyclic) bond motifs is 4. The van der Waals surface area contributed by atoms with Crippen LogP contribution in [-0.2, 0) is 0 Å². The van der Waals surface area contributed by atoms with Gasteiger partial charge in [-0.15, -0.1) is 0 Å². The fraction of sp³-hybridized carbons (Fsp3) is 0.143. The molecule has 2 nitrogen and oxygen atoms in total. The van der Waals surface area contributed by atoms with E-state index in [4.69, 9.17) is 9.47 Å². The van der Waals surface area contributed by atoms with Gasteiger partial charge in [0.15, 0.2) is 0 Å². The Morgan fingerprint density at radius 1 is 0.688 bits per heavy atom. The van der Waals surface area contributed by atoms with Gasteiger partial charge in [0.05, 0.1) is 14.2 Å². The first-order chi connectivity index (χ1) is 7.86. The zero-order valence-electron chi connectivity index (χ0n) is 9.28. The molecular formula is C14H12O2. The number of hydrogen-bond donors (Lipinski definition) is 0. The van der Waals surface area contributed by atoms with Gasteiger partial charge in [0.2, 0.25) is 0 Å². The molecule has 0 unspecified atom stereocenters. The highest BCUT2D eigenvalue weighted by Gasteiger charge is 2.28. The molecule has 0 heterocycles. The number of benzene rings is 2. The Kier molecular flexibility index (Phi) is 1.90. The summed E-state index contributed by atoms with van der Waals surface area (Å²) in [5.74, 6) is 1.86. The molecule has 16 heavy (non-hydrogen) atoms. The molecule has 2 aromatic carbocycles. The third kappa shape index (κ3) is 1.01. The van der Waals surface area contributed by atoms with Gasteiger partial charge in [-0.2, -0.15) is 0 Å². The van der Waals surface area contributed by atoms with Crippen molar-refractivity contribution in [3.05, 3.63) is 36.4 Å². The van der Waals surface area contributed by atoms with E-state index in [1.165, 1.54) is 22.3 Å². The van der Waals surface area contributed by atoms with Crippen molar-refractivity contribution >= 4 is 0 Å². The summed E-state index contributed by atoms with van der Waals surface area (Å²) in [4.78, 5) is 0. The minimum absolute atomic E-state index is 0.929. The van der Waals surface area contributed by atoms with E-state index in [1.807, 2.05) is 24.3 Å². The molecule has 2 heteroatoms. The van der Waals surface area contributed by atoms with Crippen LogP contribution in [0.4, 0.5) is 0 Å². The molecule has 1 aliphatic rings. The monoisotopic (exact) mass is 212 g/mol. The fourth-order valence-corrected chi connectivity index (χ4v) is 2.31. The maximum absolute atomic E-state index is 5.37. The predicted octanol–water partition coefficient (Wildman–Crippen LogP) is 3.35. The Hall–Kier alpha value is -1.96. The van der Waals surface area contributed by atoms with E-state index in [9.17, 15) is 0 Å². The van der Waals surface area contributed by atoms with Crippen molar-refractivity contribution in [1.82, 2.24) is 0 Å². The van der Waals surface area contributed by atoms with E-state index < -0.39 is 0 Å². The highest BCUT2D eigenvalue weighted by molar-refractivity contribution is 6.07.